The number of carbonyl (C=O) groups excluding carboxylic acids is 2. The van der Waals surface area contributed by atoms with E-state index >= 15 is 0 Å². The summed E-state index contributed by atoms with van der Waals surface area (Å²) in [5, 5.41) is 0. The van der Waals surface area contributed by atoms with Gasteiger partial charge >= 0.3 is 0 Å². The number of anilines is 1. The number of fused-ring (bicyclic) bond motifs is 1. The summed E-state index contributed by atoms with van der Waals surface area (Å²) in [5.41, 5.74) is 7.34. The van der Waals surface area contributed by atoms with Gasteiger partial charge in [-0.15, -0.1) is 0 Å². The van der Waals surface area contributed by atoms with Gasteiger partial charge in [0.1, 0.15) is 5.75 Å². The Morgan fingerprint density at radius 1 is 0.963 bits per heavy atom. The summed E-state index contributed by atoms with van der Waals surface area (Å²) in [6.07, 6.45) is 2.93. The SMILES string of the molecule is O=C(CCCOc1ccccc1)NNC(=O)CN1CCCc2ccccc21. The van der Waals surface area contributed by atoms with Gasteiger partial charge in [-0.1, -0.05) is 36.4 Å². The van der Waals surface area contributed by atoms with Crippen molar-refractivity contribution < 1.29 is 14.3 Å². The molecule has 0 bridgehead atoms. The van der Waals surface area contributed by atoms with Crippen LogP contribution in [-0.4, -0.2) is 31.5 Å². The molecule has 0 spiro atoms. The van der Waals surface area contributed by atoms with Gasteiger partial charge in [0.05, 0.1) is 13.2 Å². The van der Waals surface area contributed by atoms with Crippen LogP contribution in [0.2, 0.25) is 0 Å². The molecule has 0 unspecified atom stereocenters. The first-order valence-corrected chi connectivity index (χ1v) is 9.31. The summed E-state index contributed by atoms with van der Waals surface area (Å²) in [4.78, 5) is 26.1. The van der Waals surface area contributed by atoms with E-state index in [1.165, 1.54) is 5.56 Å². The molecule has 0 radical (unpaired) electrons. The molecule has 142 valence electrons. The summed E-state index contributed by atoms with van der Waals surface area (Å²) >= 11 is 0. The van der Waals surface area contributed by atoms with Crippen molar-refractivity contribution >= 4 is 17.5 Å². The molecule has 1 aliphatic rings. The molecule has 0 saturated heterocycles. The highest BCUT2D eigenvalue weighted by Gasteiger charge is 2.18. The van der Waals surface area contributed by atoms with E-state index in [9.17, 15) is 9.59 Å². The molecular weight excluding hydrogens is 342 g/mol. The molecule has 2 N–H and O–H groups in total. The molecule has 0 saturated carbocycles. The minimum atomic E-state index is -0.223. The Balaban J connectivity index is 1.34. The Bertz CT molecular complexity index is 764. The van der Waals surface area contributed by atoms with E-state index in [0.717, 1.165) is 30.8 Å². The summed E-state index contributed by atoms with van der Waals surface area (Å²) in [6.45, 7) is 1.53. The normalized spacial score (nSPS) is 12.8. The fraction of sp³-hybridized carbons (Fsp3) is 0.333. The lowest BCUT2D eigenvalue weighted by Gasteiger charge is -2.30. The molecule has 3 rings (SSSR count). The number of hydrazine groups is 1. The van der Waals surface area contributed by atoms with E-state index in [4.69, 9.17) is 4.74 Å². The third-order valence-electron chi connectivity index (χ3n) is 4.44. The number of benzene rings is 2. The molecular formula is C21H25N3O3. The van der Waals surface area contributed by atoms with Gasteiger partial charge in [0.2, 0.25) is 5.91 Å². The lowest BCUT2D eigenvalue weighted by Crippen LogP contribution is -2.47. The van der Waals surface area contributed by atoms with Crippen molar-refractivity contribution in [3.63, 3.8) is 0 Å². The molecule has 2 aromatic rings. The van der Waals surface area contributed by atoms with Crippen molar-refractivity contribution in [1.29, 1.82) is 0 Å². The second-order valence-electron chi connectivity index (χ2n) is 6.52. The van der Waals surface area contributed by atoms with Crippen LogP contribution >= 0.6 is 0 Å². The molecule has 2 amide bonds. The van der Waals surface area contributed by atoms with Crippen molar-refractivity contribution in [3.8, 4) is 5.75 Å². The van der Waals surface area contributed by atoms with E-state index in [-0.39, 0.29) is 18.4 Å². The molecule has 6 nitrogen and oxygen atoms in total. The van der Waals surface area contributed by atoms with Gasteiger partial charge < -0.3 is 9.64 Å². The Labute approximate surface area is 159 Å². The summed E-state index contributed by atoms with van der Waals surface area (Å²) in [6, 6.07) is 17.6. The quantitative estimate of drug-likeness (QED) is 0.583. The number of carbonyl (C=O) groups is 2. The highest BCUT2D eigenvalue weighted by atomic mass is 16.5. The summed E-state index contributed by atoms with van der Waals surface area (Å²) in [7, 11) is 0. The van der Waals surface area contributed by atoms with E-state index < -0.39 is 0 Å². The molecule has 0 fully saturated rings. The minimum absolute atomic E-state index is 0.222. The van der Waals surface area contributed by atoms with Crippen molar-refractivity contribution in [3.05, 3.63) is 60.2 Å². The predicted octanol–water partition coefficient (Wildman–Crippen LogP) is 2.45. The molecule has 0 aromatic heterocycles. The number of nitrogens with zero attached hydrogens (tertiary/aromatic N) is 1. The topological polar surface area (TPSA) is 70.7 Å². The molecule has 27 heavy (non-hydrogen) atoms. The number of aryl methyl sites for hydroxylation is 1. The van der Waals surface area contributed by atoms with Crippen LogP contribution in [0.4, 0.5) is 5.69 Å². The predicted molar refractivity (Wildman–Crippen MR) is 104 cm³/mol. The highest BCUT2D eigenvalue weighted by Crippen LogP contribution is 2.26. The van der Waals surface area contributed by atoms with Crippen LogP contribution in [0.5, 0.6) is 5.75 Å². The minimum Gasteiger partial charge on any atom is -0.494 e. The largest absolute Gasteiger partial charge is 0.494 e. The van der Waals surface area contributed by atoms with Gasteiger partial charge in [0.15, 0.2) is 0 Å². The Morgan fingerprint density at radius 2 is 1.70 bits per heavy atom. The van der Waals surface area contributed by atoms with Crippen LogP contribution < -0.4 is 20.5 Å². The first kappa shape index (κ1) is 18.8. The molecule has 1 heterocycles. The second kappa shape index (κ2) is 9.62. The number of hydrogen-bond donors (Lipinski definition) is 2. The van der Waals surface area contributed by atoms with Crippen LogP contribution in [0.1, 0.15) is 24.8 Å². The van der Waals surface area contributed by atoms with Crippen molar-refractivity contribution in [1.82, 2.24) is 10.9 Å². The number of amides is 2. The average molecular weight is 367 g/mol. The highest BCUT2D eigenvalue weighted by molar-refractivity contribution is 5.85. The van der Waals surface area contributed by atoms with Gasteiger partial charge in [-0.25, -0.2) is 0 Å². The summed E-state index contributed by atoms with van der Waals surface area (Å²) < 4.78 is 5.54. The molecule has 6 heteroatoms. The maximum Gasteiger partial charge on any atom is 0.257 e. The monoisotopic (exact) mass is 367 g/mol. The first-order valence-electron chi connectivity index (χ1n) is 9.31. The van der Waals surface area contributed by atoms with Gasteiger partial charge in [0.25, 0.3) is 5.91 Å². The van der Waals surface area contributed by atoms with E-state index in [2.05, 4.69) is 16.9 Å². The van der Waals surface area contributed by atoms with Crippen LogP contribution in [0.15, 0.2) is 54.6 Å². The van der Waals surface area contributed by atoms with E-state index in [1.807, 2.05) is 53.4 Å². The van der Waals surface area contributed by atoms with Crippen LogP contribution in [0.3, 0.4) is 0 Å². The fourth-order valence-corrected chi connectivity index (χ4v) is 3.13. The Hall–Kier alpha value is -3.02. The average Bonchev–Trinajstić information content (AvgIpc) is 2.71. The number of nitrogens with one attached hydrogen (secondary N) is 2. The summed E-state index contributed by atoms with van der Waals surface area (Å²) in [5.74, 6) is 0.340. The van der Waals surface area contributed by atoms with Gasteiger partial charge in [-0.05, 0) is 43.0 Å². The number of para-hydroxylation sites is 2. The Morgan fingerprint density at radius 3 is 2.56 bits per heavy atom. The zero-order valence-electron chi connectivity index (χ0n) is 15.3. The van der Waals surface area contributed by atoms with Gasteiger partial charge in [-0.3, -0.25) is 20.4 Å². The maximum absolute atomic E-state index is 12.1. The molecule has 0 atom stereocenters. The lowest BCUT2D eigenvalue weighted by atomic mass is 10.0. The smallest absolute Gasteiger partial charge is 0.257 e. The molecule has 0 aliphatic carbocycles. The number of ether oxygens (including phenoxy) is 1. The zero-order valence-corrected chi connectivity index (χ0v) is 15.3. The third-order valence-corrected chi connectivity index (χ3v) is 4.44. The third kappa shape index (κ3) is 5.74. The van der Waals surface area contributed by atoms with Crippen LogP contribution in [0.25, 0.3) is 0 Å². The maximum atomic E-state index is 12.1. The fourth-order valence-electron chi connectivity index (χ4n) is 3.13. The van der Waals surface area contributed by atoms with Gasteiger partial charge in [-0.2, -0.15) is 0 Å². The number of rotatable bonds is 7. The van der Waals surface area contributed by atoms with E-state index in [1.54, 1.807) is 0 Å². The zero-order chi connectivity index (χ0) is 18.9. The lowest BCUT2D eigenvalue weighted by molar-refractivity contribution is -0.128. The van der Waals surface area contributed by atoms with Gasteiger partial charge in [0, 0.05) is 18.7 Å². The van der Waals surface area contributed by atoms with Crippen molar-refractivity contribution in [2.45, 2.75) is 25.7 Å². The van der Waals surface area contributed by atoms with Crippen LogP contribution in [0, 0.1) is 0 Å². The molecule has 2 aromatic carbocycles. The first-order chi connectivity index (χ1) is 13.2. The standard InChI is InChI=1S/C21H25N3O3/c25-20(13-7-15-27-18-10-2-1-3-11-18)22-23-21(26)16-24-14-6-9-17-8-4-5-12-19(17)24/h1-5,8,10-12H,6-7,9,13-16H2,(H,22,25)(H,23,26). The second-order valence-corrected chi connectivity index (χ2v) is 6.52. The van der Waals surface area contributed by atoms with E-state index in [0.29, 0.717) is 19.4 Å². The molecule has 1 aliphatic heterocycles. The Kier molecular flexibility index (Phi) is 6.68. The number of hydrogen-bond acceptors (Lipinski definition) is 4. The van der Waals surface area contributed by atoms with Crippen LogP contribution in [-0.2, 0) is 16.0 Å². The van der Waals surface area contributed by atoms with Crippen molar-refractivity contribution in [2.24, 2.45) is 0 Å². The van der Waals surface area contributed by atoms with Crippen molar-refractivity contribution in [2.75, 3.05) is 24.6 Å².